The summed E-state index contributed by atoms with van der Waals surface area (Å²) in [5.74, 6) is 0.642. The normalized spacial score (nSPS) is 11.8. The summed E-state index contributed by atoms with van der Waals surface area (Å²) in [6, 6.07) is 0. The van der Waals surface area contributed by atoms with Gasteiger partial charge in [0.05, 0.1) is 24.1 Å². The number of hydrogen-bond acceptors (Lipinski definition) is 5. The Hall–Kier alpha value is -1.73. The number of thiazole rings is 1. The fraction of sp³-hybridized carbons (Fsp3) is 0.462. The minimum absolute atomic E-state index is 0.642. The summed E-state index contributed by atoms with van der Waals surface area (Å²) < 4.78 is 3.86. The number of nitrogens with one attached hydrogen (secondary N) is 1. The average molecular weight is 290 g/mol. The van der Waals surface area contributed by atoms with Crippen molar-refractivity contribution in [1.82, 2.24) is 29.7 Å². The largest absolute Gasteiger partial charge is 0.311 e. The van der Waals surface area contributed by atoms with Crippen molar-refractivity contribution in [1.29, 1.82) is 0 Å². The molecule has 0 fully saturated rings. The van der Waals surface area contributed by atoms with Crippen molar-refractivity contribution in [2.45, 2.75) is 26.9 Å². The molecule has 7 heteroatoms. The first-order valence-electron chi connectivity index (χ1n) is 6.71. The molecule has 0 aromatic carbocycles. The first-order chi connectivity index (χ1) is 9.70. The summed E-state index contributed by atoms with van der Waals surface area (Å²) >= 11 is 1.63. The van der Waals surface area contributed by atoms with Gasteiger partial charge in [0.25, 0.3) is 0 Å². The van der Waals surface area contributed by atoms with Crippen molar-refractivity contribution in [3.8, 4) is 0 Å². The number of hydrogen-bond donors (Lipinski definition) is 1. The fourth-order valence-electron chi connectivity index (χ4n) is 2.00. The Morgan fingerprint density at radius 3 is 3.00 bits per heavy atom. The molecule has 0 saturated heterocycles. The predicted octanol–water partition coefficient (Wildman–Crippen LogP) is 1.78. The summed E-state index contributed by atoms with van der Waals surface area (Å²) in [5.41, 5.74) is 1.97. The van der Waals surface area contributed by atoms with E-state index in [4.69, 9.17) is 0 Å². The maximum absolute atomic E-state index is 4.54. The zero-order chi connectivity index (χ0) is 13.9. The van der Waals surface area contributed by atoms with Crippen LogP contribution in [0.2, 0.25) is 0 Å². The molecule has 3 aromatic rings. The fourth-order valence-corrected chi connectivity index (χ4v) is 2.72. The molecule has 0 aliphatic rings. The maximum atomic E-state index is 4.54. The molecule has 0 aliphatic carbocycles. The third-order valence-corrected chi connectivity index (χ3v) is 3.68. The van der Waals surface area contributed by atoms with Gasteiger partial charge in [-0.15, -0.1) is 16.4 Å². The summed E-state index contributed by atoms with van der Waals surface area (Å²) in [6.45, 7) is 6.79. The van der Waals surface area contributed by atoms with E-state index in [9.17, 15) is 0 Å². The summed E-state index contributed by atoms with van der Waals surface area (Å²) in [6.07, 6.45) is 6.02. The summed E-state index contributed by atoms with van der Waals surface area (Å²) in [4.78, 5) is 5.55. The van der Waals surface area contributed by atoms with Crippen molar-refractivity contribution < 1.29 is 0 Å². The van der Waals surface area contributed by atoms with Crippen LogP contribution in [0, 0.1) is 5.92 Å². The van der Waals surface area contributed by atoms with Gasteiger partial charge in [-0.05, 0) is 12.5 Å². The molecule has 0 unspecified atom stereocenters. The Morgan fingerprint density at radius 1 is 1.30 bits per heavy atom. The summed E-state index contributed by atoms with van der Waals surface area (Å²) in [7, 11) is 0. The molecule has 0 amide bonds. The van der Waals surface area contributed by atoms with Crippen LogP contribution >= 0.6 is 11.3 Å². The highest BCUT2D eigenvalue weighted by atomic mass is 32.1. The second kappa shape index (κ2) is 5.72. The molecule has 20 heavy (non-hydrogen) atoms. The SMILES string of the molecule is CC(C)CNCc1cn(Cc2cn3ccsc3n2)nn1. The Balaban J connectivity index is 1.60. The lowest BCUT2D eigenvalue weighted by atomic mass is 10.2. The van der Waals surface area contributed by atoms with E-state index in [2.05, 4.69) is 34.5 Å². The number of rotatable bonds is 6. The van der Waals surface area contributed by atoms with E-state index in [0.717, 1.165) is 29.4 Å². The highest BCUT2D eigenvalue weighted by molar-refractivity contribution is 7.15. The van der Waals surface area contributed by atoms with Crippen LogP contribution in [0.4, 0.5) is 0 Å². The van der Waals surface area contributed by atoms with Crippen molar-refractivity contribution >= 4 is 16.3 Å². The lowest BCUT2D eigenvalue weighted by Crippen LogP contribution is -2.19. The molecule has 3 rings (SSSR count). The van der Waals surface area contributed by atoms with E-state index in [1.165, 1.54) is 0 Å². The van der Waals surface area contributed by atoms with Gasteiger partial charge in [-0.2, -0.15) is 0 Å². The highest BCUT2D eigenvalue weighted by Crippen LogP contribution is 2.12. The minimum Gasteiger partial charge on any atom is -0.311 e. The Kier molecular flexibility index (Phi) is 3.79. The van der Waals surface area contributed by atoms with E-state index in [0.29, 0.717) is 12.5 Å². The smallest absolute Gasteiger partial charge is 0.193 e. The van der Waals surface area contributed by atoms with E-state index in [1.807, 2.05) is 33.1 Å². The molecule has 1 N–H and O–H groups in total. The van der Waals surface area contributed by atoms with Gasteiger partial charge in [-0.25, -0.2) is 9.67 Å². The van der Waals surface area contributed by atoms with Crippen LogP contribution in [0.3, 0.4) is 0 Å². The zero-order valence-corrected chi connectivity index (χ0v) is 12.5. The average Bonchev–Trinajstić information content (AvgIpc) is 3.05. The van der Waals surface area contributed by atoms with Crippen LogP contribution < -0.4 is 5.32 Å². The third kappa shape index (κ3) is 3.05. The molecular formula is C13H18N6S. The van der Waals surface area contributed by atoms with Crippen molar-refractivity contribution in [2.24, 2.45) is 5.92 Å². The monoisotopic (exact) mass is 290 g/mol. The first kappa shape index (κ1) is 13.3. The maximum Gasteiger partial charge on any atom is 0.193 e. The van der Waals surface area contributed by atoms with Crippen LogP contribution in [-0.4, -0.2) is 30.9 Å². The van der Waals surface area contributed by atoms with Crippen LogP contribution in [0.5, 0.6) is 0 Å². The number of nitrogens with zero attached hydrogens (tertiary/aromatic N) is 5. The molecule has 0 spiro atoms. The van der Waals surface area contributed by atoms with Gasteiger partial charge in [-0.1, -0.05) is 19.1 Å². The molecule has 106 valence electrons. The molecule has 3 heterocycles. The quantitative estimate of drug-likeness (QED) is 0.752. The molecule has 3 aromatic heterocycles. The van der Waals surface area contributed by atoms with Gasteiger partial charge >= 0.3 is 0 Å². The second-order valence-electron chi connectivity index (χ2n) is 5.26. The second-order valence-corrected chi connectivity index (χ2v) is 6.13. The van der Waals surface area contributed by atoms with E-state index in [1.54, 1.807) is 11.3 Å². The van der Waals surface area contributed by atoms with Crippen molar-refractivity contribution in [3.63, 3.8) is 0 Å². The van der Waals surface area contributed by atoms with E-state index in [-0.39, 0.29) is 0 Å². The van der Waals surface area contributed by atoms with Gasteiger partial charge in [0.15, 0.2) is 4.96 Å². The Morgan fingerprint density at radius 2 is 2.20 bits per heavy atom. The molecule has 0 bridgehead atoms. The van der Waals surface area contributed by atoms with E-state index < -0.39 is 0 Å². The van der Waals surface area contributed by atoms with Gasteiger partial charge in [0, 0.05) is 24.3 Å². The first-order valence-corrected chi connectivity index (χ1v) is 7.59. The molecule has 0 saturated carbocycles. The molecular weight excluding hydrogens is 272 g/mol. The van der Waals surface area contributed by atoms with E-state index >= 15 is 0 Å². The third-order valence-electron chi connectivity index (χ3n) is 2.91. The molecule has 0 atom stereocenters. The molecule has 6 nitrogen and oxygen atoms in total. The highest BCUT2D eigenvalue weighted by Gasteiger charge is 2.06. The predicted molar refractivity (Wildman–Crippen MR) is 78.7 cm³/mol. The lowest BCUT2D eigenvalue weighted by Gasteiger charge is -2.04. The van der Waals surface area contributed by atoms with Gasteiger partial charge in [-0.3, -0.25) is 4.40 Å². The molecule has 0 aliphatic heterocycles. The summed E-state index contributed by atoms with van der Waals surface area (Å²) in [5, 5.41) is 13.7. The molecule has 0 radical (unpaired) electrons. The van der Waals surface area contributed by atoms with Gasteiger partial charge in [0.1, 0.15) is 0 Å². The topological polar surface area (TPSA) is 60.0 Å². The lowest BCUT2D eigenvalue weighted by molar-refractivity contribution is 0.548. The van der Waals surface area contributed by atoms with Crippen LogP contribution in [0.25, 0.3) is 4.96 Å². The van der Waals surface area contributed by atoms with Crippen LogP contribution in [0.1, 0.15) is 25.2 Å². The van der Waals surface area contributed by atoms with Crippen molar-refractivity contribution in [3.05, 3.63) is 35.4 Å². The van der Waals surface area contributed by atoms with Crippen LogP contribution in [0.15, 0.2) is 24.0 Å². The Labute approximate surface area is 121 Å². The van der Waals surface area contributed by atoms with Gasteiger partial charge in [0.2, 0.25) is 0 Å². The van der Waals surface area contributed by atoms with Crippen LogP contribution in [-0.2, 0) is 13.1 Å². The number of imidazole rings is 1. The number of aromatic nitrogens is 5. The minimum atomic E-state index is 0.642. The Bertz CT molecular complexity index is 651. The zero-order valence-electron chi connectivity index (χ0n) is 11.7. The van der Waals surface area contributed by atoms with Gasteiger partial charge < -0.3 is 5.32 Å². The number of fused-ring (bicyclic) bond motifs is 1. The standard InChI is InChI=1S/C13H18N6S/c1-10(2)5-14-6-11-8-19(17-16-11)9-12-7-18-3-4-20-13(18)15-12/h3-4,7-8,10,14H,5-6,9H2,1-2H3. The van der Waals surface area contributed by atoms with Crippen molar-refractivity contribution in [2.75, 3.05) is 6.54 Å².